The van der Waals surface area contributed by atoms with Crippen molar-refractivity contribution in [2.24, 2.45) is 0 Å². The van der Waals surface area contributed by atoms with Crippen LogP contribution in [0.2, 0.25) is 0 Å². The van der Waals surface area contributed by atoms with Crippen molar-refractivity contribution in [2.75, 3.05) is 44.5 Å². The van der Waals surface area contributed by atoms with Gasteiger partial charge >= 0.3 is 6.09 Å². The van der Waals surface area contributed by atoms with Gasteiger partial charge in [-0.25, -0.2) is 22.0 Å². The SMILES string of the molecule is COC[C@H](C)Nc1cc(CN2CCCC2)ccc1C(=O)Nc1nn(C(=O)OC)c2ccc(S(=O)(=O)c3cc(F)cc(F)c3)cc12. The second kappa shape index (κ2) is 13.3. The molecule has 0 spiro atoms. The van der Waals surface area contributed by atoms with Crippen LogP contribution in [0.4, 0.5) is 25.1 Å². The Morgan fingerprint density at radius 1 is 0.978 bits per heavy atom. The number of carbonyl (C=O) groups is 2. The number of benzene rings is 3. The molecular formula is C31H33F2N5O6S. The molecule has 0 bridgehead atoms. The van der Waals surface area contributed by atoms with Gasteiger partial charge in [0.05, 0.1) is 34.6 Å². The Balaban J connectivity index is 1.54. The predicted octanol–water partition coefficient (Wildman–Crippen LogP) is 5.06. The fourth-order valence-corrected chi connectivity index (χ4v) is 6.67. The number of aromatic nitrogens is 2. The van der Waals surface area contributed by atoms with Gasteiger partial charge in [0.2, 0.25) is 9.84 Å². The second-order valence-corrected chi connectivity index (χ2v) is 12.8. The van der Waals surface area contributed by atoms with Crippen LogP contribution < -0.4 is 10.6 Å². The van der Waals surface area contributed by atoms with Gasteiger partial charge < -0.3 is 20.1 Å². The summed E-state index contributed by atoms with van der Waals surface area (Å²) in [6, 6.07) is 10.9. The molecule has 0 saturated carbocycles. The highest BCUT2D eigenvalue weighted by molar-refractivity contribution is 7.91. The average Bonchev–Trinajstić information content (AvgIpc) is 3.64. The molecule has 0 aliphatic carbocycles. The highest BCUT2D eigenvalue weighted by atomic mass is 32.2. The van der Waals surface area contributed by atoms with Crippen molar-refractivity contribution in [3.63, 3.8) is 0 Å². The minimum absolute atomic E-state index is 0.0830. The van der Waals surface area contributed by atoms with Gasteiger partial charge in [-0.15, -0.1) is 5.10 Å². The molecule has 1 amide bonds. The number of hydrogen-bond donors (Lipinski definition) is 2. The summed E-state index contributed by atoms with van der Waals surface area (Å²) in [7, 11) is -1.67. The highest BCUT2D eigenvalue weighted by Gasteiger charge is 2.25. The molecule has 11 nitrogen and oxygen atoms in total. The molecule has 14 heteroatoms. The number of rotatable bonds is 10. The highest BCUT2D eigenvalue weighted by Crippen LogP contribution is 2.31. The number of methoxy groups -OCH3 is 2. The summed E-state index contributed by atoms with van der Waals surface area (Å²) in [6.07, 6.45) is 1.40. The monoisotopic (exact) mass is 641 g/mol. The predicted molar refractivity (Wildman–Crippen MR) is 163 cm³/mol. The number of anilines is 2. The molecule has 238 valence electrons. The van der Waals surface area contributed by atoms with E-state index in [9.17, 15) is 26.8 Å². The maximum absolute atomic E-state index is 13.9. The first-order valence-electron chi connectivity index (χ1n) is 14.2. The molecule has 1 fully saturated rings. The maximum Gasteiger partial charge on any atom is 0.435 e. The molecular weight excluding hydrogens is 608 g/mol. The third-order valence-corrected chi connectivity index (χ3v) is 9.17. The largest absolute Gasteiger partial charge is 0.451 e. The van der Waals surface area contributed by atoms with Crippen molar-refractivity contribution in [1.29, 1.82) is 0 Å². The number of fused-ring (bicyclic) bond motifs is 1. The molecule has 1 aromatic heterocycles. The zero-order valence-corrected chi connectivity index (χ0v) is 25.8. The number of sulfone groups is 1. The van der Waals surface area contributed by atoms with Crippen LogP contribution in [-0.4, -0.2) is 75.1 Å². The summed E-state index contributed by atoms with van der Waals surface area (Å²) in [5.74, 6) is -2.82. The number of carbonyl (C=O) groups excluding carboxylic acids is 2. The van der Waals surface area contributed by atoms with Crippen molar-refractivity contribution in [1.82, 2.24) is 14.7 Å². The van der Waals surface area contributed by atoms with E-state index in [1.807, 2.05) is 19.1 Å². The van der Waals surface area contributed by atoms with Gasteiger partial charge in [-0.05, 0) is 80.9 Å². The van der Waals surface area contributed by atoms with Gasteiger partial charge in [0, 0.05) is 36.8 Å². The number of nitrogens with one attached hydrogen (secondary N) is 2. The minimum atomic E-state index is -4.40. The lowest BCUT2D eigenvalue weighted by Crippen LogP contribution is -2.24. The van der Waals surface area contributed by atoms with E-state index in [4.69, 9.17) is 9.47 Å². The van der Waals surface area contributed by atoms with Crippen LogP contribution in [0.25, 0.3) is 10.9 Å². The molecule has 0 unspecified atom stereocenters. The molecule has 0 radical (unpaired) electrons. The van der Waals surface area contributed by atoms with Gasteiger partial charge in [0.1, 0.15) is 11.6 Å². The first-order valence-corrected chi connectivity index (χ1v) is 15.7. The van der Waals surface area contributed by atoms with Crippen molar-refractivity contribution >= 4 is 44.2 Å². The maximum atomic E-state index is 13.9. The van der Waals surface area contributed by atoms with E-state index in [0.717, 1.165) is 49.8 Å². The van der Waals surface area contributed by atoms with Gasteiger partial charge in [0.25, 0.3) is 5.91 Å². The average molecular weight is 642 g/mol. The number of likely N-dealkylation sites (tertiary alicyclic amines) is 1. The standard InChI is InChI=1S/C31H33F2N5O6S/c1-19(18-43-2)34-27-12-20(17-37-10-4-5-11-37)6-8-25(27)30(39)35-29-26-16-23(7-9-28(26)38(36-29)31(40)44-3)45(41,42)24-14-21(32)13-22(33)15-24/h6-9,12-16,19,34H,4-5,10-11,17-18H2,1-3H3,(H,35,36,39)/t19-/m0/s1. The first-order chi connectivity index (χ1) is 21.5. The van der Waals surface area contributed by atoms with Crippen LogP contribution in [0, 0.1) is 11.6 Å². The van der Waals surface area contributed by atoms with Gasteiger partial charge in [-0.3, -0.25) is 9.69 Å². The lowest BCUT2D eigenvalue weighted by molar-refractivity contribution is 0.102. The molecule has 1 aliphatic rings. The zero-order valence-electron chi connectivity index (χ0n) is 25.0. The number of halogens is 2. The molecule has 2 N–H and O–H groups in total. The molecule has 1 atom stereocenters. The first kappa shape index (κ1) is 32.0. The Labute approximate surface area is 259 Å². The molecule has 5 rings (SSSR count). The fraction of sp³-hybridized carbons (Fsp3) is 0.323. The number of nitrogens with zero attached hydrogens (tertiary/aromatic N) is 3. The summed E-state index contributed by atoms with van der Waals surface area (Å²) >= 11 is 0. The number of hydrogen-bond acceptors (Lipinski definition) is 9. The summed E-state index contributed by atoms with van der Waals surface area (Å²) in [4.78, 5) is 27.7. The third-order valence-electron chi connectivity index (χ3n) is 7.44. The van der Waals surface area contributed by atoms with E-state index >= 15 is 0 Å². The van der Waals surface area contributed by atoms with Crippen LogP contribution in [0.15, 0.2) is 64.4 Å². The fourth-order valence-electron chi connectivity index (χ4n) is 5.34. The zero-order chi connectivity index (χ0) is 32.3. The van der Waals surface area contributed by atoms with E-state index in [1.54, 1.807) is 13.2 Å². The van der Waals surface area contributed by atoms with E-state index in [-0.39, 0.29) is 33.2 Å². The molecule has 1 aliphatic heterocycles. The topological polar surface area (TPSA) is 132 Å². The Hall–Kier alpha value is -4.40. The van der Waals surface area contributed by atoms with E-state index in [1.165, 1.54) is 18.2 Å². The minimum Gasteiger partial charge on any atom is -0.451 e. The van der Waals surface area contributed by atoms with E-state index < -0.39 is 38.4 Å². The van der Waals surface area contributed by atoms with Crippen molar-refractivity contribution in [3.05, 3.63) is 77.4 Å². The summed E-state index contributed by atoms with van der Waals surface area (Å²) in [6.45, 7) is 5.05. The summed E-state index contributed by atoms with van der Waals surface area (Å²) < 4.78 is 65.4. The van der Waals surface area contributed by atoms with Crippen molar-refractivity contribution in [2.45, 2.75) is 42.1 Å². The van der Waals surface area contributed by atoms with Crippen LogP contribution in [0.3, 0.4) is 0 Å². The van der Waals surface area contributed by atoms with Crippen LogP contribution in [0.5, 0.6) is 0 Å². The molecule has 4 aromatic rings. The Bertz CT molecular complexity index is 1840. The lowest BCUT2D eigenvalue weighted by atomic mass is 10.1. The normalized spacial score (nSPS) is 14.4. The molecule has 1 saturated heterocycles. The van der Waals surface area contributed by atoms with Gasteiger partial charge in [-0.2, -0.15) is 4.68 Å². The summed E-state index contributed by atoms with van der Waals surface area (Å²) in [5, 5.41) is 10.3. The second-order valence-electron chi connectivity index (χ2n) is 10.8. The Morgan fingerprint density at radius 3 is 2.36 bits per heavy atom. The lowest BCUT2D eigenvalue weighted by Gasteiger charge is -2.20. The van der Waals surface area contributed by atoms with Crippen molar-refractivity contribution < 1.29 is 36.3 Å². The molecule has 2 heterocycles. The van der Waals surface area contributed by atoms with Crippen LogP contribution >= 0.6 is 0 Å². The quantitative estimate of drug-likeness (QED) is 0.244. The number of amides is 1. The van der Waals surface area contributed by atoms with Crippen LogP contribution in [0.1, 0.15) is 35.7 Å². The number of ether oxygens (including phenoxy) is 2. The Morgan fingerprint density at radius 2 is 1.69 bits per heavy atom. The van der Waals surface area contributed by atoms with Gasteiger partial charge in [-0.1, -0.05) is 6.07 Å². The van der Waals surface area contributed by atoms with Crippen LogP contribution in [-0.2, 0) is 25.9 Å². The summed E-state index contributed by atoms with van der Waals surface area (Å²) in [5.41, 5.74) is 1.99. The van der Waals surface area contributed by atoms with E-state index in [2.05, 4.69) is 20.6 Å². The molecule has 45 heavy (non-hydrogen) atoms. The van der Waals surface area contributed by atoms with Crippen molar-refractivity contribution in [3.8, 4) is 0 Å². The van der Waals surface area contributed by atoms with E-state index in [0.29, 0.717) is 30.5 Å². The third kappa shape index (κ3) is 6.97. The van der Waals surface area contributed by atoms with Gasteiger partial charge in [0.15, 0.2) is 5.82 Å². The smallest absolute Gasteiger partial charge is 0.435 e. The Kier molecular flexibility index (Phi) is 9.46. The molecule has 3 aromatic carbocycles.